The van der Waals surface area contributed by atoms with Crippen LogP contribution in [-0.2, 0) is 0 Å². The fourth-order valence-electron chi connectivity index (χ4n) is 2.66. The number of anilines is 1. The fraction of sp³-hybridized carbons (Fsp3) is 0.667. The minimum Gasteiger partial charge on any atom is -0.357 e. The highest BCUT2D eigenvalue weighted by molar-refractivity contribution is 5.39. The minimum absolute atomic E-state index is 0.0696. The summed E-state index contributed by atoms with van der Waals surface area (Å²) in [4.78, 5) is 6.98. The smallest absolute Gasteiger partial charge is 0.128 e. The van der Waals surface area contributed by atoms with E-state index in [1.165, 1.54) is 25.7 Å². The standard InChI is InChI=1S/C15H25N3/c1-3-13-5-4-9-18(10-8-13)15-7-6-14(11-17-15)12(2)16/h6-7,11-13H,3-5,8-10,16H2,1-2H3/t12-,13?/m1/s1. The molecule has 0 bridgehead atoms. The Labute approximate surface area is 110 Å². The number of nitrogens with two attached hydrogens (primary N) is 1. The summed E-state index contributed by atoms with van der Waals surface area (Å²) in [5.74, 6) is 2.01. The molecule has 0 saturated carbocycles. The van der Waals surface area contributed by atoms with E-state index in [1.807, 2.05) is 13.1 Å². The molecule has 18 heavy (non-hydrogen) atoms. The molecule has 1 aliphatic heterocycles. The van der Waals surface area contributed by atoms with Crippen molar-refractivity contribution in [3.8, 4) is 0 Å². The van der Waals surface area contributed by atoms with E-state index in [0.717, 1.165) is 30.4 Å². The number of nitrogens with zero attached hydrogens (tertiary/aromatic N) is 2. The zero-order valence-corrected chi connectivity index (χ0v) is 11.6. The molecular weight excluding hydrogens is 222 g/mol. The van der Waals surface area contributed by atoms with E-state index in [2.05, 4.69) is 28.9 Å². The highest BCUT2D eigenvalue weighted by atomic mass is 15.2. The third-order valence-corrected chi connectivity index (χ3v) is 4.05. The van der Waals surface area contributed by atoms with Gasteiger partial charge in [0.1, 0.15) is 5.82 Å². The third kappa shape index (κ3) is 3.22. The van der Waals surface area contributed by atoms with Gasteiger partial charge in [0.05, 0.1) is 0 Å². The van der Waals surface area contributed by atoms with E-state index in [-0.39, 0.29) is 6.04 Å². The summed E-state index contributed by atoms with van der Waals surface area (Å²) in [5.41, 5.74) is 6.96. The molecule has 0 amide bonds. The Morgan fingerprint density at radius 1 is 1.39 bits per heavy atom. The van der Waals surface area contributed by atoms with E-state index in [4.69, 9.17) is 5.73 Å². The zero-order chi connectivity index (χ0) is 13.0. The first-order valence-corrected chi connectivity index (χ1v) is 7.17. The summed E-state index contributed by atoms with van der Waals surface area (Å²) in [7, 11) is 0. The van der Waals surface area contributed by atoms with Crippen LogP contribution in [0.3, 0.4) is 0 Å². The molecule has 1 unspecified atom stereocenters. The Hall–Kier alpha value is -1.09. The quantitative estimate of drug-likeness (QED) is 0.892. The van der Waals surface area contributed by atoms with Crippen molar-refractivity contribution >= 4 is 5.82 Å². The van der Waals surface area contributed by atoms with Gasteiger partial charge in [-0.05, 0) is 43.7 Å². The van der Waals surface area contributed by atoms with Crippen LogP contribution < -0.4 is 10.6 Å². The molecule has 3 nitrogen and oxygen atoms in total. The SMILES string of the molecule is CCC1CCCN(c2ccc([C@@H](C)N)cn2)CC1. The largest absolute Gasteiger partial charge is 0.357 e. The van der Waals surface area contributed by atoms with E-state index in [1.54, 1.807) is 0 Å². The summed E-state index contributed by atoms with van der Waals surface area (Å²) in [6, 6.07) is 4.29. The van der Waals surface area contributed by atoms with Gasteiger partial charge in [0.2, 0.25) is 0 Å². The van der Waals surface area contributed by atoms with Gasteiger partial charge < -0.3 is 10.6 Å². The molecule has 0 aliphatic carbocycles. The van der Waals surface area contributed by atoms with Gasteiger partial charge >= 0.3 is 0 Å². The van der Waals surface area contributed by atoms with Crippen LogP contribution in [0.15, 0.2) is 18.3 Å². The van der Waals surface area contributed by atoms with E-state index in [9.17, 15) is 0 Å². The van der Waals surface area contributed by atoms with Crippen LogP contribution in [0, 0.1) is 5.92 Å². The van der Waals surface area contributed by atoms with Crippen molar-refractivity contribution in [3.05, 3.63) is 23.9 Å². The monoisotopic (exact) mass is 247 g/mol. The maximum Gasteiger partial charge on any atom is 0.128 e. The maximum absolute atomic E-state index is 5.85. The number of pyridine rings is 1. The lowest BCUT2D eigenvalue weighted by molar-refractivity contribution is 0.459. The Morgan fingerprint density at radius 2 is 2.22 bits per heavy atom. The van der Waals surface area contributed by atoms with Crippen LogP contribution in [0.1, 0.15) is 51.1 Å². The second kappa shape index (κ2) is 6.19. The van der Waals surface area contributed by atoms with Crippen LogP contribution in [0.5, 0.6) is 0 Å². The van der Waals surface area contributed by atoms with Gasteiger partial charge in [-0.1, -0.05) is 19.4 Å². The Bertz CT molecular complexity index is 359. The predicted molar refractivity (Wildman–Crippen MR) is 76.7 cm³/mol. The molecule has 1 aliphatic rings. The highest BCUT2D eigenvalue weighted by Crippen LogP contribution is 2.23. The van der Waals surface area contributed by atoms with Crippen LogP contribution >= 0.6 is 0 Å². The summed E-state index contributed by atoms with van der Waals surface area (Å²) in [6.07, 6.45) is 7.18. The minimum atomic E-state index is 0.0696. The lowest BCUT2D eigenvalue weighted by Crippen LogP contribution is -2.25. The molecule has 3 heteroatoms. The number of rotatable bonds is 3. The number of hydrogen-bond acceptors (Lipinski definition) is 3. The van der Waals surface area contributed by atoms with Crippen LogP contribution in [-0.4, -0.2) is 18.1 Å². The average Bonchev–Trinajstić information content (AvgIpc) is 2.64. The number of hydrogen-bond donors (Lipinski definition) is 1. The molecule has 1 aromatic rings. The molecule has 0 radical (unpaired) electrons. The normalized spacial score (nSPS) is 22.6. The molecule has 1 fully saturated rings. The summed E-state index contributed by atoms with van der Waals surface area (Å²) in [5, 5.41) is 0. The molecule has 1 aromatic heterocycles. The fourth-order valence-corrected chi connectivity index (χ4v) is 2.66. The second-order valence-electron chi connectivity index (χ2n) is 5.43. The van der Waals surface area contributed by atoms with Gasteiger partial charge in [0.15, 0.2) is 0 Å². The first-order valence-electron chi connectivity index (χ1n) is 7.17. The van der Waals surface area contributed by atoms with Crippen molar-refractivity contribution in [2.45, 2.75) is 45.6 Å². The molecule has 2 rings (SSSR count). The molecule has 2 N–H and O–H groups in total. The molecule has 2 heterocycles. The van der Waals surface area contributed by atoms with Gasteiger partial charge in [-0.2, -0.15) is 0 Å². The molecular formula is C15H25N3. The van der Waals surface area contributed by atoms with Gasteiger partial charge in [-0.25, -0.2) is 4.98 Å². The first kappa shape index (κ1) is 13.3. The second-order valence-corrected chi connectivity index (χ2v) is 5.43. The van der Waals surface area contributed by atoms with Crippen molar-refractivity contribution < 1.29 is 0 Å². The first-order chi connectivity index (χ1) is 8.70. The van der Waals surface area contributed by atoms with Crippen molar-refractivity contribution in [1.29, 1.82) is 0 Å². The van der Waals surface area contributed by atoms with Crippen LogP contribution in [0.4, 0.5) is 5.82 Å². The zero-order valence-electron chi connectivity index (χ0n) is 11.6. The van der Waals surface area contributed by atoms with E-state index >= 15 is 0 Å². The van der Waals surface area contributed by atoms with Gasteiger partial charge in [0.25, 0.3) is 0 Å². The maximum atomic E-state index is 5.85. The van der Waals surface area contributed by atoms with Gasteiger partial charge in [-0.3, -0.25) is 0 Å². The third-order valence-electron chi connectivity index (χ3n) is 4.05. The van der Waals surface area contributed by atoms with Crippen molar-refractivity contribution in [2.24, 2.45) is 11.7 Å². The average molecular weight is 247 g/mol. The molecule has 1 saturated heterocycles. The lowest BCUT2D eigenvalue weighted by Gasteiger charge is -2.22. The van der Waals surface area contributed by atoms with Crippen molar-refractivity contribution in [3.63, 3.8) is 0 Å². The summed E-state index contributed by atoms with van der Waals surface area (Å²) < 4.78 is 0. The predicted octanol–water partition coefficient (Wildman–Crippen LogP) is 3.12. The summed E-state index contributed by atoms with van der Waals surface area (Å²) in [6.45, 7) is 6.58. The molecule has 2 atom stereocenters. The topological polar surface area (TPSA) is 42.1 Å². The van der Waals surface area contributed by atoms with E-state index in [0.29, 0.717) is 0 Å². The Balaban J connectivity index is 2.02. The Kier molecular flexibility index (Phi) is 4.59. The van der Waals surface area contributed by atoms with Crippen LogP contribution in [0.2, 0.25) is 0 Å². The summed E-state index contributed by atoms with van der Waals surface area (Å²) >= 11 is 0. The van der Waals surface area contributed by atoms with Crippen molar-refractivity contribution in [1.82, 2.24) is 4.98 Å². The van der Waals surface area contributed by atoms with Crippen LogP contribution in [0.25, 0.3) is 0 Å². The molecule has 100 valence electrons. The van der Waals surface area contributed by atoms with E-state index < -0.39 is 0 Å². The van der Waals surface area contributed by atoms with Crippen molar-refractivity contribution in [2.75, 3.05) is 18.0 Å². The lowest BCUT2D eigenvalue weighted by atomic mass is 9.98. The van der Waals surface area contributed by atoms with Gasteiger partial charge in [-0.15, -0.1) is 0 Å². The highest BCUT2D eigenvalue weighted by Gasteiger charge is 2.16. The Morgan fingerprint density at radius 3 is 2.83 bits per heavy atom. The van der Waals surface area contributed by atoms with Gasteiger partial charge in [0, 0.05) is 25.3 Å². The molecule has 0 aromatic carbocycles. The number of aromatic nitrogens is 1. The molecule has 0 spiro atoms.